The van der Waals surface area contributed by atoms with E-state index >= 15 is 0 Å². The highest BCUT2D eigenvalue weighted by Gasteiger charge is 2.19. The van der Waals surface area contributed by atoms with Gasteiger partial charge in [0, 0.05) is 10.7 Å². The molecule has 2 aromatic rings. The summed E-state index contributed by atoms with van der Waals surface area (Å²) in [5, 5.41) is 9.83. The Bertz CT molecular complexity index is 625. The van der Waals surface area contributed by atoms with Crippen molar-refractivity contribution in [2.24, 2.45) is 0 Å². The van der Waals surface area contributed by atoms with E-state index in [4.69, 9.17) is 11.6 Å². The molecule has 4 heteroatoms. The Kier molecular flexibility index (Phi) is 4.86. The summed E-state index contributed by atoms with van der Waals surface area (Å²) < 4.78 is 0. The zero-order chi connectivity index (χ0) is 15.4. The maximum atomic E-state index is 11.2. The number of hydrogen-bond acceptors (Lipinski definition) is 2. The van der Waals surface area contributed by atoms with E-state index in [9.17, 15) is 9.90 Å². The van der Waals surface area contributed by atoms with Crippen LogP contribution < -0.4 is 4.90 Å². The Labute approximate surface area is 129 Å². The van der Waals surface area contributed by atoms with Gasteiger partial charge in [-0.1, -0.05) is 41.4 Å². The van der Waals surface area contributed by atoms with Gasteiger partial charge < -0.3 is 10.0 Å². The molecule has 0 amide bonds. The van der Waals surface area contributed by atoms with Crippen LogP contribution in [0.1, 0.15) is 24.1 Å². The van der Waals surface area contributed by atoms with Crippen molar-refractivity contribution < 1.29 is 9.90 Å². The first-order chi connectivity index (χ1) is 9.97. The lowest BCUT2D eigenvalue weighted by Gasteiger charge is -2.30. The van der Waals surface area contributed by atoms with Crippen LogP contribution in [0.4, 0.5) is 5.69 Å². The highest BCUT2D eigenvalue weighted by atomic mass is 35.5. The minimum Gasteiger partial charge on any atom is -0.480 e. The number of carbonyl (C=O) groups is 1. The third-order valence-electron chi connectivity index (χ3n) is 3.47. The van der Waals surface area contributed by atoms with E-state index in [-0.39, 0.29) is 12.6 Å². The third kappa shape index (κ3) is 3.99. The first kappa shape index (κ1) is 15.4. The Balaban J connectivity index is 2.35. The fourth-order valence-electron chi connectivity index (χ4n) is 2.28. The first-order valence-corrected chi connectivity index (χ1v) is 7.16. The lowest BCUT2D eigenvalue weighted by Crippen LogP contribution is -2.32. The molecule has 2 aromatic carbocycles. The second kappa shape index (κ2) is 6.64. The van der Waals surface area contributed by atoms with Gasteiger partial charge in [-0.15, -0.1) is 0 Å². The second-order valence-electron chi connectivity index (χ2n) is 5.09. The van der Waals surface area contributed by atoms with Crippen LogP contribution in [0, 0.1) is 6.92 Å². The molecule has 110 valence electrons. The normalized spacial score (nSPS) is 12.0. The van der Waals surface area contributed by atoms with Gasteiger partial charge in [0.05, 0.1) is 6.04 Å². The Morgan fingerprint density at radius 2 is 1.90 bits per heavy atom. The summed E-state index contributed by atoms with van der Waals surface area (Å²) in [4.78, 5) is 13.0. The van der Waals surface area contributed by atoms with Gasteiger partial charge >= 0.3 is 5.97 Å². The van der Waals surface area contributed by atoms with Gasteiger partial charge in [0.15, 0.2) is 0 Å². The van der Waals surface area contributed by atoms with Crippen molar-refractivity contribution in [1.82, 2.24) is 0 Å². The summed E-state index contributed by atoms with van der Waals surface area (Å²) >= 11 is 6.03. The highest BCUT2D eigenvalue weighted by molar-refractivity contribution is 6.30. The average molecular weight is 304 g/mol. The molecule has 0 heterocycles. The number of aliphatic carboxylic acids is 1. The van der Waals surface area contributed by atoms with Gasteiger partial charge in [0.2, 0.25) is 0 Å². The number of benzene rings is 2. The van der Waals surface area contributed by atoms with Crippen molar-refractivity contribution in [1.29, 1.82) is 0 Å². The van der Waals surface area contributed by atoms with E-state index in [1.807, 2.05) is 67.3 Å². The van der Waals surface area contributed by atoms with Crippen LogP contribution in [-0.2, 0) is 4.79 Å². The fraction of sp³-hybridized carbons (Fsp3) is 0.235. The lowest BCUT2D eigenvalue weighted by atomic mass is 10.1. The molecule has 0 bridgehead atoms. The van der Waals surface area contributed by atoms with Gasteiger partial charge in [0.25, 0.3) is 0 Å². The number of halogens is 1. The smallest absolute Gasteiger partial charge is 0.323 e. The number of aryl methyl sites for hydroxylation is 1. The number of nitrogens with zero attached hydrogens (tertiary/aromatic N) is 1. The van der Waals surface area contributed by atoms with Crippen molar-refractivity contribution in [2.75, 3.05) is 11.4 Å². The predicted molar refractivity (Wildman–Crippen MR) is 86.0 cm³/mol. The molecule has 0 aliphatic rings. The van der Waals surface area contributed by atoms with Crippen molar-refractivity contribution >= 4 is 23.3 Å². The third-order valence-corrected chi connectivity index (χ3v) is 3.70. The quantitative estimate of drug-likeness (QED) is 0.895. The molecule has 0 saturated heterocycles. The monoisotopic (exact) mass is 303 g/mol. The molecule has 0 saturated carbocycles. The molecule has 0 aliphatic carbocycles. The Morgan fingerprint density at radius 3 is 2.48 bits per heavy atom. The number of hydrogen-bond donors (Lipinski definition) is 1. The number of anilines is 1. The molecular formula is C17H18ClNO2. The molecule has 0 fully saturated rings. The van der Waals surface area contributed by atoms with Crippen molar-refractivity contribution in [3.05, 3.63) is 64.7 Å². The SMILES string of the molecule is Cc1ccc(N(CC(=O)O)C(C)c2cccc(Cl)c2)cc1. The minimum absolute atomic E-state index is 0.0588. The average Bonchev–Trinajstić information content (AvgIpc) is 2.45. The van der Waals surface area contributed by atoms with Gasteiger partial charge in [-0.2, -0.15) is 0 Å². The van der Waals surface area contributed by atoms with Crippen molar-refractivity contribution in [3.8, 4) is 0 Å². The maximum absolute atomic E-state index is 11.2. The molecule has 2 rings (SSSR count). The summed E-state index contributed by atoms with van der Waals surface area (Å²) in [6.45, 7) is 3.93. The molecule has 0 aromatic heterocycles. The molecule has 1 N–H and O–H groups in total. The molecule has 0 radical (unpaired) electrons. The van der Waals surface area contributed by atoms with Crippen LogP contribution in [-0.4, -0.2) is 17.6 Å². The van der Waals surface area contributed by atoms with E-state index in [2.05, 4.69) is 0 Å². The van der Waals surface area contributed by atoms with E-state index in [1.165, 1.54) is 0 Å². The van der Waals surface area contributed by atoms with Gasteiger partial charge in [0.1, 0.15) is 6.54 Å². The lowest BCUT2D eigenvalue weighted by molar-refractivity contribution is -0.135. The zero-order valence-electron chi connectivity index (χ0n) is 12.1. The summed E-state index contributed by atoms with van der Waals surface area (Å²) in [5.74, 6) is -0.857. The second-order valence-corrected chi connectivity index (χ2v) is 5.52. The predicted octanol–water partition coefficient (Wildman–Crippen LogP) is 4.30. The summed E-state index contributed by atoms with van der Waals surface area (Å²) in [6.07, 6.45) is 0. The van der Waals surface area contributed by atoms with Crippen LogP contribution in [0.3, 0.4) is 0 Å². The summed E-state index contributed by atoms with van der Waals surface area (Å²) in [6, 6.07) is 15.3. The fourth-order valence-corrected chi connectivity index (χ4v) is 2.48. The van der Waals surface area contributed by atoms with Crippen molar-refractivity contribution in [2.45, 2.75) is 19.9 Å². The van der Waals surface area contributed by atoms with E-state index in [1.54, 1.807) is 0 Å². The van der Waals surface area contributed by atoms with Gasteiger partial charge in [-0.3, -0.25) is 4.79 Å². The zero-order valence-corrected chi connectivity index (χ0v) is 12.8. The largest absolute Gasteiger partial charge is 0.480 e. The Hall–Kier alpha value is -2.00. The van der Waals surface area contributed by atoms with Crippen LogP contribution in [0.25, 0.3) is 0 Å². The minimum atomic E-state index is -0.857. The molecule has 0 aliphatic heterocycles. The van der Waals surface area contributed by atoms with Crippen LogP contribution in [0.2, 0.25) is 5.02 Å². The number of rotatable bonds is 5. The molecule has 0 spiro atoms. The van der Waals surface area contributed by atoms with E-state index < -0.39 is 5.97 Å². The molecule has 1 unspecified atom stereocenters. The summed E-state index contributed by atoms with van der Waals surface area (Å²) in [5.41, 5.74) is 3.02. The van der Waals surface area contributed by atoms with E-state index in [0.717, 1.165) is 16.8 Å². The van der Waals surface area contributed by atoms with E-state index in [0.29, 0.717) is 5.02 Å². The Morgan fingerprint density at radius 1 is 1.24 bits per heavy atom. The topological polar surface area (TPSA) is 40.5 Å². The van der Waals surface area contributed by atoms with Crippen LogP contribution in [0.5, 0.6) is 0 Å². The van der Waals surface area contributed by atoms with Crippen LogP contribution in [0.15, 0.2) is 48.5 Å². The molecular weight excluding hydrogens is 286 g/mol. The number of carboxylic acids is 1. The van der Waals surface area contributed by atoms with Gasteiger partial charge in [-0.05, 0) is 43.7 Å². The molecule has 3 nitrogen and oxygen atoms in total. The van der Waals surface area contributed by atoms with Crippen molar-refractivity contribution in [3.63, 3.8) is 0 Å². The standard InChI is InChI=1S/C17H18ClNO2/c1-12-6-8-16(9-7-12)19(11-17(20)21)13(2)14-4-3-5-15(18)10-14/h3-10,13H,11H2,1-2H3,(H,20,21). The molecule has 21 heavy (non-hydrogen) atoms. The number of carboxylic acid groups (broad SMARTS) is 1. The van der Waals surface area contributed by atoms with Crippen LogP contribution >= 0.6 is 11.6 Å². The molecule has 1 atom stereocenters. The van der Waals surface area contributed by atoms with Gasteiger partial charge in [-0.25, -0.2) is 0 Å². The first-order valence-electron chi connectivity index (χ1n) is 6.78. The maximum Gasteiger partial charge on any atom is 0.323 e. The highest BCUT2D eigenvalue weighted by Crippen LogP contribution is 2.28. The summed E-state index contributed by atoms with van der Waals surface area (Å²) in [7, 11) is 0.